The minimum absolute atomic E-state index is 0.239. The summed E-state index contributed by atoms with van der Waals surface area (Å²) in [4.78, 5) is 33.6. The van der Waals surface area contributed by atoms with Crippen LogP contribution in [0.4, 0.5) is 11.6 Å². The van der Waals surface area contributed by atoms with Gasteiger partial charge in [0.05, 0.1) is 6.54 Å². The Labute approximate surface area is 186 Å². The Morgan fingerprint density at radius 3 is 2.47 bits per heavy atom. The zero-order valence-electron chi connectivity index (χ0n) is 18.9. The van der Waals surface area contributed by atoms with Gasteiger partial charge in [0.25, 0.3) is 5.56 Å². The third-order valence-electron chi connectivity index (χ3n) is 6.55. The van der Waals surface area contributed by atoms with E-state index in [4.69, 9.17) is 4.98 Å². The van der Waals surface area contributed by atoms with Gasteiger partial charge < -0.3 is 9.47 Å². The monoisotopic (exact) mass is 429 g/mol. The van der Waals surface area contributed by atoms with Crippen molar-refractivity contribution in [3.05, 3.63) is 85.6 Å². The largest absolute Gasteiger partial charge is 0.332 e. The lowest BCUT2D eigenvalue weighted by molar-refractivity contribution is 0.597. The molecule has 0 fully saturated rings. The van der Waals surface area contributed by atoms with E-state index in [1.54, 1.807) is 7.05 Å². The molecule has 2 aromatic carbocycles. The van der Waals surface area contributed by atoms with Gasteiger partial charge in [-0.1, -0.05) is 42.0 Å². The second kappa shape index (κ2) is 7.51. The maximum Gasteiger partial charge on any atom is 0.332 e. The average Bonchev–Trinajstić information content (AvgIpc) is 3.18. The molecule has 32 heavy (non-hydrogen) atoms. The first-order valence-electron chi connectivity index (χ1n) is 11.0. The summed E-state index contributed by atoms with van der Waals surface area (Å²) in [7, 11) is 1.69. The second-order valence-corrected chi connectivity index (χ2v) is 8.68. The van der Waals surface area contributed by atoms with Crippen molar-refractivity contribution in [1.82, 2.24) is 18.7 Å². The van der Waals surface area contributed by atoms with Gasteiger partial charge in [0.15, 0.2) is 11.2 Å². The summed E-state index contributed by atoms with van der Waals surface area (Å²) >= 11 is 0. The molecule has 1 aliphatic rings. The zero-order chi connectivity index (χ0) is 22.6. The highest BCUT2D eigenvalue weighted by atomic mass is 16.2. The molecule has 0 spiro atoms. The van der Waals surface area contributed by atoms with Gasteiger partial charge in [0.1, 0.15) is 0 Å². The first-order chi connectivity index (χ1) is 15.4. The topological polar surface area (TPSA) is 65.1 Å². The molecule has 0 radical (unpaired) electrons. The maximum absolute atomic E-state index is 13.5. The van der Waals surface area contributed by atoms with E-state index in [9.17, 15) is 9.59 Å². The number of hydrogen-bond acceptors (Lipinski definition) is 4. The molecule has 0 amide bonds. The van der Waals surface area contributed by atoms with Gasteiger partial charge in [-0.3, -0.25) is 13.9 Å². The molecule has 5 rings (SSSR count). The number of fused-ring (bicyclic) bond motifs is 3. The Hall–Kier alpha value is -3.61. The Bertz CT molecular complexity index is 1460. The third kappa shape index (κ3) is 3.07. The molecule has 0 saturated carbocycles. The molecule has 2 aromatic heterocycles. The van der Waals surface area contributed by atoms with Crippen LogP contribution >= 0.6 is 0 Å². The van der Waals surface area contributed by atoms with E-state index in [0.29, 0.717) is 17.7 Å². The van der Waals surface area contributed by atoms with Crippen molar-refractivity contribution in [2.45, 2.75) is 40.3 Å². The molecule has 164 valence electrons. The van der Waals surface area contributed by atoms with E-state index in [0.717, 1.165) is 35.7 Å². The second-order valence-electron chi connectivity index (χ2n) is 8.68. The van der Waals surface area contributed by atoms with E-state index in [2.05, 4.69) is 30.9 Å². The van der Waals surface area contributed by atoms with Crippen LogP contribution in [0.5, 0.6) is 0 Å². The highest BCUT2D eigenvalue weighted by Crippen LogP contribution is 2.33. The van der Waals surface area contributed by atoms with Gasteiger partial charge in [-0.2, -0.15) is 4.98 Å². The summed E-state index contributed by atoms with van der Waals surface area (Å²) in [6.45, 7) is 7.98. The number of aromatic nitrogens is 4. The fourth-order valence-corrected chi connectivity index (χ4v) is 4.54. The van der Waals surface area contributed by atoms with Gasteiger partial charge in [-0.15, -0.1) is 0 Å². The van der Waals surface area contributed by atoms with E-state index in [-0.39, 0.29) is 17.8 Å². The highest BCUT2D eigenvalue weighted by Gasteiger charge is 2.27. The molecule has 1 aliphatic heterocycles. The molecule has 0 atom stereocenters. The van der Waals surface area contributed by atoms with Gasteiger partial charge in [-0.25, -0.2) is 4.79 Å². The van der Waals surface area contributed by atoms with Crippen LogP contribution in [-0.2, 0) is 20.1 Å². The van der Waals surface area contributed by atoms with Gasteiger partial charge in [0, 0.05) is 25.8 Å². The number of benzene rings is 2. The smallest absolute Gasteiger partial charge is 0.312 e. The highest BCUT2D eigenvalue weighted by molar-refractivity contribution is 5.77. The molecule has 4 aromatic rings. The van der Waals surface area contributed by atoms with Crippen molar-refractivity contribution >= 4 is 22.8 Å². The first-order valence-corrected chi connectivity index (χ1v) is 11.0. The summed E-state index contributed by atoms with van der Waals surface area (Å²) in [6, 6.07) is 14.1. The first kappa shape index (κ1) is 20.3. The van der Waals surface area contributed by atoms with Crippen molar-refractivity contribution in [2.75, 3.05) is 11.4 Å². The number of anilines is 2. The lowest BCUT2D eigenvalue weighted by Crippen LogP contribution is -2.40. The Balaban J connectivity index is 1.71. The Kier molecular flexibility index (Phi) is 4.77. The minimum atomic E-state index is -0.350. The molecule has 7 heteroatoms. The molecular formula is C25H27N5O2. The van der Waals surface area contributed by atoms with Crippen LogP contribution in [0.1, 0.15) is 28.7 Å². The molecule has 0 unspecified atom stereocenters. The summed E-state index contributed by atoms with van der Waals surface area (Å²) in [5.74, 6) is 0.722. The van der Waals surface area contributed by atoms with Crippen molar-refractivity contribution in [3.8, 4) is 0 Å². The molecule has 0 bridgehead atoms. The molecule has 7 nitrogen and oxygen atoms in total. The van der Waals surface area contributed by atoms with Crippen LogP contribution in [0.25, 0.3) is 11.2 Å². The summed E-state index contributed by atoms with van der Waals surface area (Å²) in [5, 5.41) is 0. The molecule has 0 N–H and O–H groups in total. The van der Waals surface area contributed by atoms with Gasteiger partial charge >= 0.3 is 5.69 Å². The van der Waals surface area contributed by atoms with Crippen LogP contribution < -0.4 is 16.1 Å². The van der Waals surface area contributed by atoms with E-state index >= 15 is 0 Å². The van der Waals surface area contributed by atoms with Gasteiger partial charge in [-0.05, 0) is 49.9 Å². The van der Waals surface area contributed by atoms with Gasteiger partial charge in [0.2, 0.25) is 5.95 Å². The van der Waals surface area contributed by atoms with Crippen LogP contribution in [0.2, 0.25) is 0 Å². The Morgan fingerprint density at radius 1 is 0.969 bits per heavy atom. The van der Waals surface area contributed by atoms with E-state index in [1.807, 2.05) is 41.8 Å². The van der Waals surface area contributed by atoms with Crippen molar-refractivity contribution in [1.29, 1.82) is 0 Å². The van der Waals surface area contributed by atoms with Crippen molar-refractivity contribution < 1.29 is 0 Å². The summed E-state index contributed by atoms with van der Waals surface area (Å²) in [5.41, 5.74) is 5.84. The molecular weight excluding hydrogens is 402 g/mol. The predicted molar refractivity (Wildman–Crippen MR) is 127 cm³/mol. The molecule has 0 saturated heterocycles. The standard InChI is InChI=1S/C25H27N5O2/c1-16-9-11-19(12-10-16)15-30-23(31)21-22(27(4)25(30)32)26-24-28(13-6-14-29(21)24)20-8-5-7-17(2)18(20)3/h5,7-12H,6,13-15H2,1-4H3. The average molecular weight is 430 g/mol. The molecule has 0 aliphatic carbocycles. The van der Waals surface area contributed by atoms with E-state index in [1.165, 1.54) is 20.3 Å². The van der Waals surface area contributed by atoms with Crippen LogP contribution in [0, 0.1) is 20.8 Å². The number of hydrogen-bond donors (Lipinski definition) is 0. The predicted octanol–water partition coefficient (Wildman–Crippen LogP) is 3.41. The van der Waals surface area contributed by atoms with Crippen LogP contribution in [0.15, 0.2) is 52.1 Å². The number of aryl methyl sites for hydroxylation is 4. The van der Waals surface area contributed by atoms with Crippen LogP contribution in [-0.4, -0.2) is 25.2 Å². The fourth-order valence-electron chi connectivity index (χ4n) is 4.54. The van der Waals surface area contributed by atoms with Crippen molar-refractivity contribution in [2.24, 2.45) is 7.05 Å². The lowest BCUT2D eigenvalue weighted by Gasteiger charge is -2.30. The Morgan fingerprint density at radius 2 is 1.72 bits per heavy atom. The zero-order valence-corrected chi connectivity index (χ0v) is 18.9. The van der Waals surface area contributed by atoms with Crippen LogP contribution in [0.3, 0.4) is 0 Å². The lowest BCUT2D eigenvalue weighted by atomic mass is 10.1. The van der Waals surface area contributed by atoms with Crippen molar-refractivity contribution in [3.63, 3.8) is 0 Å². The SMILES string of the molecule is Cc1ccc(Cn2c(=O)c3c(nc4n3CCCN4c3cccc(C)c3C)n(C)c2=O)cc1. The number of nitrogens with zero attached hydrogens (tertiary/aromatic N) is 5. The number of rotatable bonds is 3. The minimum Gasteiger partial charge on any atom is -0.312 e. The summed E-state index contributed by atoms with van der Waals surface area (Å²) < 4.78 is 4.80. The maximum atomic E-state index is 13.5. The normalized spacial score (nSPS) is 13.6. The molecule has 3 heterocycles. The number of imidazole rings is 1. The third-order valence-corrected chi connectivity index (χ3v) is 6.55. The fraction of sp³-hybridized carbons (Fsp3) is 0.320. The quantitative estimate of drug-likeness (QED) is 0.501. The van der Waals surface area contributed by atoms with E-state index < -0.39 is 0 Å². The summed E-state index contributed by atoms with van der Waals surface area (Å²) in [6.07, 6.45) is 0.895.